The van der Waals surface area contributed by atoms with Crippen LogP contribution < -0.4 is 0 Å². The van der Waals surface area contributed by atoms with Crippen LogP contribution in [0, 0.1) is 11.8 Å². The molecule has 0 unspecified atom stereocenters. The van der Waals surface area contributed by atoms with E-state index in [1.165, 1.54) is 0 Å². The Morgan fingerprint density at radius 3 is 2.68 bits per heavy atom. The molecular formula is C16H23NO5. The summed E-state index contributed by atoms with van der Waals surface area (Å²) in [6.45, 7) is 4.45. The Kier molecular flexibility index (Phi) is 5.57. The molecule has 0 aromatic carbocycles. The van der Waals surface area contributed by atoms with E-state index in [0.29, 0.717) is 13.0 Å². The Labute approximate surface area is 130 Å². The van der Waals surface area contributed by atoms with Crippen molar-refractivity contribution in [3.8, 4) is 0 Å². The first-order valence-electron chi connectivity index (χ1n) is 7.78. The summed E-state index contributed by atoms with van der Waals surface area (Å²) in [5.41, 5.74) is 0. The van der Waals surface area contributed by atoms with Gasteiger partial charge >= 0.3 is 11.9 Å². The fraction of sp³-hybridized carbons (Fsp3) is 0.688. The van der Waals surface area contributed by atoms with Crippen LogP contribution in [0.4, 0.5) is 0 Å². The number of nitrogens with zero attached hydrogens (tertiary/aromatic N) is 1. The topological polar surface area (TPSA) is 72.9 Å². The summed E-state index contributed by atoms with van der Waals surface area (Å²) in [4.78, 5) is 37.8. The van der Waals surface area contributed by atoms with Crippen LogP contribution in [0.2, 0.25) is 0 Å². The van der Waals surface area contributed by atoms with E-state index in [1.54, 1.807) is 17.9 Å². The van der Waals surface area contributed by atoms with Crippen molar-refractivity contribution in [2.24, 2.45) is 11.8 Å². The van der Waals surface area contributed by atoms with E-state index >= 15 is 0 Å². The monoisotopic (exact) mass is 309 g/mol. The summed E-state index contributed by atoms with van der Waals surface area (Å²) >= 11 is 0. The van der Waals surface area contributed by atoms with Gasteiger partial charge in [0.25, 0.3) is 0 Å². The summed E-state index contributed by atoms with van der Waals surface area (Å²) in [5.74, 6) is -1.29. The molecule has 6 nitrogen and oxygen atoms in total. The average molecular weight is 309 g/mol. The number of cyclic esters (lactones) is 2. The van der Waals surface area contributed by atoms with Crippen molar-refractivity contribution in [3.05, 3.63) is 12.2 Å². The first kappa shape index (κ1) is 16.5. The number of hydrogen-bond donors (Lipinski definition) is 0. The molecule has 0 radical (unpaired) electrons. The van der Waals surface area contributed by atoms with Crippen LogP contribution in [0.25, 0.3) is 0 Å². The van der Waals surface area contributed by atoms with Gasteiger partial charge in [-0.3, -0.25) is 9.59 Å². The highest BCUT2D eigenvalue weighted by Gasteiger charge is 2.37. The van der Waals surface area contributed by atoms with Gasteiger partial charge in [-0.25, -0.2) is 4.79 Å². The second-order valence-electron chi connectivity index (χ2n) is 6.01. The zero-order chi connectivity index (χ0) is 16.1. The Morgan fingerprint density at radius 1 is 1.14 bits per heavy atom. The molecule has 2 heterocycles. The first-order valence-corrected chi connectivity index (χ1v) is 7.78. The maximum absolute atomic E-state index is 12.4. The van der Waals surface area contributed by atoms with E-state index in [-0.39, 0.29) is 43.4 Å². The molecule has 22 heavy (non-hydrogen) atoms. The number of ether oxygens (including phenoxy) is 2. The van der Waals surface area contributed by atoms with E-state index in [9.17, 15) is 14.4 Å². The minimum absolute atomic E-state index is 0.0177. The van der Waals surface area contributed by atoms with Crippen LogP contribution in [-0.4, -0.2) is 48.5 Å². The molecule has 0 saturated carbocycles. The molecular weight excluding hydrogens is 286 g/mol. The van der Waals surface area contributed by atoms with Gasteiger partial charge in [0.05, 0.1) is 18.9 Å². The van der Waals surface area contributed by atoms with E-state index in [0.717, 1.165) is 6.42 Å². The third-order valence-electron chi connectivity index (χ3n) is 3.96. The van der Waals surface area contributed by atoms with Crippen molar-refractivity contribution in [1.29, 1.82) is 0 Å². The number of fused-ring (bicyclic) bond motifs is 1. The minimum atomic E-state index is -0.509. The van der Waals surface area contributed by atoms with Crippen molar-refractivity contribution in [1.82, 2.24) is 4.90 Å². The molecule has 6 heteroatoms. The van der Waals surface area contributed by atoms with Gasteiger partial charge in [-0.05, 0) is 12.8 Å². The Morgan fingerprint density at radius 2 is 1.91 bits per heavy atom. The number of esters is 2. The van der Waals surface area contributed by atoms with E-state index in [4.69, 9.17) is 9.47 Å². The highest BCUT2D eigenvalue weighted by Crippen LogP contribution is 2.21. The minimum Gasteiger partial charge on any atom is -0.465 e. The normalized spacial score (nSPS) is 31.3. The zero-order valence-corrected chi connectivity index (χ0v) is 13.1. The molecule has 0 N–H and O–H groups in total. The molecule has 0 aliphatic carbocycles. The second-order valence-corrected chi connectivity index (χ2v) is 6.01. The maximum Gasteiger partial charge on any atom is 0.328 e. The Balaban J connectivity index is 2.13. The lowest BCUT2D eigenvalue weighted by Crippen LogP contribution is -2.45. The van der Waals surface area contributed by atoms with Gasteiger partial charge in [0.1, 0.15) is 12.6 Å². The fourth-order valence-electron chi connectivity index (χ4n) is 2.67. The van der Waals surface area contributed by atoms with Gasteiger partial charge < -0.3 is 14.4 Å². The van der Waals surface area contributed by atoms with Crippen LogP contribution >= 0.6 is 0 Å². The van der Waals surface area contributed by atoms with Crippen LogP contribution in [-0.2, 0) is 23.9 Å². The SMILES string of the molecule is C[C@@H]1C=CCC(=O)OC[C@H](C)C(=O)N2CCC[C@H]2C(=O)OC1. The van der Waals surface area contributed by atoms with Gasteiger partial charge in [0.15, 0.2) is 0 Å². The van der Waals surface area contributed by atoms with Crippen molar-refractivity contribution < 1.29 is 23.9 Å². The molecule has 122 valence electrons. The molecule has 1 saturated heterocycles. The van der Waals surface area contributed by atoms with Crippen molar-refractivity contribution >= 4 is 17.8 Å². The standard InChI is InChI=1S/C16H23NO5/c1-11-5-3-7-14(18)21-10-12(2)15(19)17-8-4-6-13(17)16(20)22-9-11/h3,5,11-13H,4,6-10H2,1-2H3/t11-,12+,13+/m1/s1. The van der Waals surface area contributed by atoms with Gasteiger partial charge in [0, 0.05) is 12.5 Å². The molecule has 3 atom stereocenters. The highest BCUT2D eigenvalue weighted by atomic mass is 16.5. The number of amides is 1. The van der Waals surface area contributed by atoms with Gasteiger partial charge in [0.2, 0.25) is 5.91 Å². The van der Waals surface area contributed by atoms with Crippen LogP contribution in [0.5, 0.6) is 0 Å². The third-order valence-corrected chi connectivity index (χ3v) is 3.96. The molecule has 2 aliphatic heterocycles. The van der Waals surface area contributed by atoms with Gasteiger partial charge in [-0.2, -0.15) is 0 Å². The van der Waals surface area contributed by atoms with Gasteiger partial charge in [-0.15, -0.1) is 0 Å². The van der Waals surface area contributed by atoms with E-state index in [2.05, 4.69) is 0 Å². The molecule has 1 amide bonds. The largest absolute Gasteiger partial charge is 0.465 e. The summed E-state index contributed by atoms with van der Waals surface area (Å²) in [7, 11) is 0. The van der Waals surface area contributed by atoms with E-state index < -0.39 is 12.0 Å². The second kappa shape index (κ2) is 7.42. The van der Waals surface area contributed by atoms with Crippen LogP contribution in [0.15, 0.2) is 12.2 Å². The zero-order valence-electron chi connectivity index (χ0n) is 13.1. The smallest absolute Gasteiger partial charge is 0.328 e. The van der Waals surface area contributed by atoms with Crippen LogP contribution in [0.3, 0.4) is 0 Å². The van der Waals surface area contributed by atoms with Gasteiger partial charge in [-0.1, -0.05) is 26.0 Å². The predicted molar refractivity (Wildman–Crippen MR) is 78.7 cm³/mol. The quantitative estimate of drug-likeness (QED) is 0.498. The average Bonchev–Trinajstić information content (AvgIpc) is 2.98. The number of carbonyl (C=O) groups excluding carboxylic acids is 3. The summed E-state index contributed by atoms with van der Waals surface area (Å²) in [6, 6.07) is -0.509. The molecule has 0 aromatic heterocycles. The summed E-state index contributed by atoms with van der Waals surface area (Å²) < 4.78 is 10.4. The fourth-order valence-corrected chi connectivity index (χ4v) is 2.67. The van der Waals surface area contributed by atoms with E-state index in [1.807, 2.05) is 13.0 Å². The summed E-state index contributed by atoms with van der Waals surface area (Å²) in [6.07, 6.45) is 5.11. The molecule has 0 aromatic rings. The van der Waals surface area contributed by atoms with Crippen molar-refractivity contribution in [2.45, 2.75) is 39.2 Å². The lowest BCUT2D eigenvalue weighted by Gasteiger charge is -2.26. The van der Waals surface area contributed by atoms with Crippen molar-refractivity contribution in [3.63, 3.8) is 0 Å². The third kappa shape index (κ3) is 4.08. The lowest BCUT2D eigenvalue weighted by atomic mass is 10.1. The Bertz CT molecular complexity index is 473. The summed E-state index contributed by atoms with van der Waals surface area (Å²) in [5, 5.41) is 0. The number of carbonyl (C=O) groups is 3. The first-order chi connectivity index (χ1) is 10.5. The maximum atomic E-state index is 12.4. The molecule has 0 bridgehead atoms. The molecule has 2 rings (SSSR count). The molecule has 0 spiro atoms. The lowest BCUT2D eigenvalue weighted by molar-refractivity contribution is -0.157. The highest BCUT2D eigenvalue weighted by molar-refractivity contribution is 5.86. The number of rotatable bonds is 0. The predicted octanol–water partition coefficient (Wildman–Crippen LogP) is 1.30. The molecule has 1 fully saturated rings. The number of hydrogen-bond acceptors (Lipinski definition) is 5. The van der Waals surface area contributed by atoms with Crippen molar-refractivity contribution in [2.75, 3.05) is 19.8 Å². The molecule has 2 aliphatic rings. The van der Waals surface area contributed by atoms with Crippen LogP contribution in [0.1, 0.15) is 33.1 Å². The Hall–Kier alpha value is -1.85.